The van der Waals surface area contributed by atoms with Crippen molar-refractivity contribution in [1.82, 2.24) is 24.9 Å². The Morgan fingerprint density at radius 3 is 2.59 bits per heavy atom. The van der Waals surface area contributed by atoms with E-state index < -0.39 is 23.7 Å². The first-order chi connectivity index (χ1) is 15.1. The van der Waals surface area contributed by atoms with Gasteiger partial charge in [0.25, 0.3) is 11.8 Å². The summed E-state index contributed by atoms with van der Waals surface area (Å²) in [6.07, 6.45) is 3.75. The molecular formula is C21H21ClF3N5O2. The number of carbonyl (C=O) groups is 1. The molecule has 1 atom stereocenters. The lowest BCUT2D eigenvalue weighted by atomic mass is 10.1. The van der Waals surface area contributed by atoms with Gasteiger partial charge in [0.05, 0.1) is 24.0 Å². The molecule has 0 N–H and O–H groups in total. The smallest absolute Gasteiger partial charge is 0.272 e. The van der Waals surface area contributed by atoms with Crippen molar-refractivity contribution < 1.29 is 22.7 Å². The van der Waals surface area contributed by atoms with E-state index in [1.165, 1.54) is 35.5 Å². The van der Waals surface area contributed by atoms with Crippen molar-refractivity contribution in [1.29, 1.82) is 0 Å². The number of alkyl halides is 2. The third kappa shape index (κ3) is 5.01. The molecule has 3 aromatic rings. The van der Waals surface area contributed by atoms with Gasteiger partial charge in [0.15, 0.2) is 5.82 Å². The number of hydrogen-bond donors (Lipinski definition) is 0. The fourth-order valence-corrected chi connectivity index (χ4v) is 3.31. The molecule has 7 nitrogen and oxygen atoms in total. The van der Waals surface area contributed by atoms with Crippen molar-refractivity contribution in [2.75, 3.05) is 13.2 Å². The molecule has 0 saturated carbocycles. The third-order valence-electron chi connectivity index (χ3n) is 4.75. The SMILES string of the molecule is CCN(C(=O)c1cccc(F)c1-n1nccn1)[C@@H](C)COc1ncc(C(C)(F)F)cc1Cl. The molecule has 32 heavy (non-hydrogen) atoms. The minimum absolute atomic E-state index is 0.0150. The number of benzene rings is 1. The average molecular weight is 468 g/mol. The van der Waals surface area contributed by atoms with Gasteiger partial charge in [0.1, 0.15) is 17.3 Å². The van der Waals surface area contributed by atoms with Gasteiger partial charge in [-0.1, -0.05) is 17.7 Å². The molecule has 0 aliphatic rings. The number of rotatable bonds is 8. The first kappa shape index (κ1) is 23.5. The molecule has 170 valence electrons. The molecule has 0 spiro atoms. The molecule has 1 amide bonds. The molecule has 0 radical (unpaired) electrons. The zero-order chi connectivity index (χ0) is 23.5. The summed E-state index contributed by atoms with van der Waals surface area (Å²) in [5.41, 5.74) is -0.311. The summed E-state index contributed by atoms with van der Waals surface area (Å²) in [4.78, 5) is 19.6. The summed E-state index contributed by atoms with van der Waals surface area (Å²) in [6.45, 7) is 4.53. The summed E-state index contributed by atoms with van der Waals surface area (Å²) in [5.74, 6) is -4.20. The van der Waals surface area contributed by atoms with Crippen LogP contribution in [0.2, 0.25) is 5.02 Å². The zero-order valence-corrected chi connectivity index (χ0v) is 18.4. The highest BCUT2D eigenvalue weighted by atomic mass is 35.5. The molecule has 0 saturated heterocycles. The quantitative estimate of drug-likeness (QED) is 0.488. The predicted molar refractivity (Wildman–Crippen MR) is 112 cm³/mol. The van der Waals surface area contributed by atoms with Crippen molar-refractivity contribution in [3.63, 3.8) is 0 Å². The number of pyridine rings is 1. The summed E-state index contributed by atoms with van der Waals surface area (Å²) < 4.78 is 46.9. The normalized spacial score (nSPS) is 12.5. The molecule has 11 heteroatoms. The van der Waals surface area contributed by atoms with E-state index in [1.54, 1.807) is 13.8 Å². The van der Waals surface area contributed by atoms with Crippen LogP contribution >= 0.6 is 11.6 Å². The van der Waals surface area contributed by atoms with Crippen LogP contribution in [0.5, 0.6) is 5.88 Å². The molecule has 1 aromatic carbocycles. The molecule has 2 heterocycles. The van der Waals surface area contributed by atoms with Crippen LogP contribution in [0.1, 0.15) is 36.7 Å². The summed E-state index contributed by atoms with van der Waals surface area (Å²) in [5, 5.41) is 7.78. The second-order valence-electron chi connectivity index (χ2n) is 7.11. The number of carbonyl (C=O) groups excluding carboxylic acids is 1. The highest BCUT2D eigenvalue weighted by molar-refractivity contribution is 6.31. The van der Waals surface area contributed by atoms with Crippen molar-refractivity contribution in [2.45, 2.75) is 32.7 Å². The Balaban J connectivity index is 1.78. The largest absolute Gasteiger partial charge is 0.474 e. The monoisotopic (exact) mass is 467 g/mol. The van der Waals surface area contributed by atoms with Crippen LogP contribution in [-0.2, 0) is 5.92 Å². The van der Waals surface area contributed by atoms with Crippen LogP contribution in [0.3, 0.4) is 0 Å². The van der Waals surface area contributed by atoms with E-state index in [-0.39, 0.29) is 34.3 Å². The van der Waals surface area contributed by atoms with Crippen molar-refractivity contribution >= 4 is 17.5 Å². The summed E-state index contributed by atoms with van der Waals surface area (Å²) in [6, 6.07) is 4.75. The highest BCUT2D eigenvalue weighted by Crippen LogP contribution is 2.31. The lowest BCUT2D eigenvalue weighted by Crippen LogP contribution is -2.42. The Hall–Kier alpha value is -3.14. The maximum Gasteiger partial charge on any atom is 0.272 e. The molecule has 3 rings (SSSR count). The minimum Gasteiger partial charge on any atom is -0.474 e. The summed E-state index contributed by atoms with van der Waals surface area (Å²) in [7, 11) is 0. The second kappa shape index (κ2) is 9.56. The van der Waals surface area contributed by atoms with E-state index in [2.05, 4.69) is 15.2 Å². The van der Waals surface area contributed by atoms with Gasteiger partial charge in [0, 0.05) is 25.2 Å². The molecular weight excluding hydrogens is 447 g/mol. The number of para-hydroxylation sites is 1. The van der Waals surface area contributed by atoms with Gasteiger partial charge in [-0.25, -0.2) is 18.2 Å². The summed E-state index contributed by atoms with van der Waals surface area (Å²) >= 11 is 6.03. The fourth-order valence-electron chi connectivity index (χ4n) is 3.09. The minimum atomic E-state index is -3.08. The van der Waals surface area contributed by atoms with Crippen LogP contribution in [0.15, 0.2) is 42.9 Å². The maximum atomic E-state index is 14.5. The second-order valence-corrected chi connectivity index (χ2v) is 7.51. The van der Waals surface area contributed by atoms with E-state index in [4.69, 9.17) is 16.3 Å². The Morgan fingerprint density at radius 1 is 1.31 bits per heavy atom. The van der Waals surface area contributed by atoms with E-state index in [0.717, 1.165) is 24.0 Å². The van der Waals surface area contributed by atoms with E-state index in [0.29, 0.717) is 6.54 Å². The van der Waals surface area contributed by atoms with E-state index in [9.17, 15) is 18.0 Å². The number of halogens is 4. The Labute approximate surface area is 187 Å². The lowest BCUT2D eigenvalue weighted by Gasteiger charge is -2.28. The van der Waals surface area contributed by atoms with Crippen molar-refractivity contribution in [3.8, 4) is 11.6 Å². The van der Waals surface area contributed by atoms with E-state index in [1.807, 2.05) is 0 Å². The van der Waals surface area contributed by atoms with Gasteiger partial charge in [-0.15, -0.1) is 4.80 Å². The highest BCUT2D eigenvalue weighted by Gasteiger charge is 2.28. The van der Waals surface area contributed by atoms with Gasteiger partial charge in [-0.3, -0.25) is 4.79 Å². The zero-order valence-electron chi connectivity index (χ0n) is 17.6. The Kier molecular flexibility index (Phi) is 7.02. The van der Waals surface area contributed by atoms with Gasteiger partial charge >= 0.3 is 0 Å². The van der Waals surface area contributed by atoms with Crippen molar-refractivity contribution in [2.24, 2.45) is 0 Å². The van der Waals surface area contributed by atoms with Gasteiger partial charge in [-0.05, 0) is 32.0 Å². The number of likely N-dealkylation sites (N-methyl/N-ethyl adjacent to an activating group) is 1. The Bertz CT molecular complexity index is 1090. The first-order valence-electron chi connectivity index (χ1n) is 9.76. The maximum absolute atomic E-state index is 14.5. The van der Waals surface area contributed by atoms with Crippen LogP contribution in [0.25, 0.3) is 5.69 Å². The van der Waals surface area contributed by atoms with Crippen LogP contribution in [-0.4, -0.2) is 50.0 Å². The fraction of sp³-hybridized carbons (Fsp3) is 0.333. The topological polar surface area (TPSA) is 73.1 Å². The average Bonchev–Trinajstić information content (AvgIpc) is 3.26. The van der Waals surface area contributed by atoms with Crippen LogP contribution < -0.4 is 4.74 Å². The van der Waals surface area contributed by atoms with Gasteiger partial charge < -0.3 is 9.64 Å². The number of hydrogen-bond acceptors (Lipinski definition) is 5. The van der Waals surface area contributed by atoms with Crippen molar-refractivity contribution in [3.05, 3.63) is 64.8 Å². The van der Waals surface area contributed by atoms with Gasteiger partial charge in [-0.2, -0.15) is 10.2 Å². The molecule has 0 bridgehead atoms. The lowest BCUT2D eigenvalue weighted by molar-refractivity contribution is 0.0170. The third-order valence-corrected chi connectivity index (χ3v) is 5.02. The number of ether oxygens (including phenoxy) is 1. The molecule has 0 fully saturated rings. The molecule has 0 unspecified atom stereocenters. The van der Waals surface area contributed by atoms with Crippen LogP contribution in [0, 0.1) is 5.82 Å². The molecule has 2 aromatic heterocycles. The number of nitrogens with zero attached hydrogens (tertiary/aromatic N) is 5. The predicted octanol–water partition coefficient (Wildman–Crippen LogP) is 4.50. The van der Waals surface area contributed by atoms with E-state index >= 15 is 0 Å². The van der Waals surface area contributed by atoms with Gasteiger partial charge in [0.2, 0.25) is 5.88 Å². The van der Waals surface area contributed by atoms with Crippen LogP contribution in [0.4, 0.5) is 13.2 Å². The number of amides is 1. The number of aromatic nitrogens is 4. The first-order valence-corrected chi connectivity index (χ1v) is 10.1. The Morgan fingerprint density at radius 2 is 2.00 bits per heavy atom. The molecule has 0 aliphatic carbocycles. The standard InChI is InChI=1S/C21H21ClF3N5O2/c1-4-29(13(2)12-32-19-16(22)10-14(11-26-19)21(3,24)25)20(31)15-6-5-7-17(23)18(15)30-27-8-9-28-30/h5-11,13H,4,12H2,1-3H3/t13-/m0/s1. The molecule has 0 aliphatic heterocycles.